The van der Waals surface area contributed by atoms with Crippen molar-refractivity contribution in [2.45, 2.75) is 13.0 Å². The zero-order chi connectivity index (χ0) is 14.5. The number of carbonyl (C=O) groups excluding carboxylic acids is 1. The number of carbonyl (C=O) groups is 1. The number of halogens is 1. The lowest BCUT2D eigenvalue weighted by Crippen LogP contribution is -2.28. The van der Waals surface area contributed by atoms with Gasteiger partial charge in [0.15, 0.2) is 0 Å². The maximum atomic E-state index is 13.1. The molecule has 104 valence electrons. The first-order valence-electron chi connectivity index (χ1n) is 6.40. The second-order valence-electron chi connectivity index (χ2n) is 4.63. The highest BCUT2D eigenvalue weighted by Gasteiger charge is 2.12. The standard InChI is InChI=1S/C16H17FN2O/c1-19(15-7-3-5-13(9-15)11-18)16(20)10-12-4-2-6-14(17)8-12/h2-9H,10-11,18H2,1H3. The van der Waals surface area contributed by atoms with E-state index in [2.05, 4.69) is 0 Å². The molecule has 0 heterocycles. The van der Waals surface area contributed by atoms with Crippen molar-refractivity contribution in [3.8, 4) is 0 Å². The maximum Gasteiger partial charge on any atom is 0.231 e. The fourth-order valence-electron chi connectivity index (χ4n) is 1.98. The number of hydrogen-bond donors (Lipinski definition) is 1. The lowest BCUT2D eigenvalue weighted by molar-refractivity contribution is -0.117. The minimum Gasteiger partial charge on any atom is -0.326 e. The minimum absolute atomic E-state index is 0.0928. The van der Waals surface area contributed by atoms with Crippen LogP contribution in [0.15, 0.2) is 48.5 Å². The van der Waals surface area contributed by atoms with Crippen molar-refractivity contribution in [3.63, 3.8) is 0 Å². The number of hydrogen-bond acceptors (Lipinski definition) is 2. The van der Waals surface area contributed by atoms with Crippen molar-refractivity contribution in [3.05, 3.63) is 65.5 Å². The molecule has 0 bridgehead atoms. The van der Waals surface area contributed by atoms with Gasteiger partial charge in [-0.2, -0.15) is 0 Å². The number of amides is 1. The average Bonchev–Trinajstić information content (AvgIpc) is 2.46. The van der Waals surface area contributed by atoms with Crippen LogP contribution in [0, 0.1) is 5.82 Å². The Bertz CT molecular complexity index is 613. The molecule has 4 heteroatoms. The maximum absolute atomic E-state index is 13.1. The van der Waals surface area contributed by atoms with E-state index in [9.17, 15) is 9.18 Å². The molecular weight excluding hydrogens is 255 g/mol. The van der Waals surface area contributed by atoms with Crippen LogP contribution < -0.4 is 10.6 Å². The number of nitrogens with zero attached hydrogens (tertiary/aromatic N) is 1. The van der Waals surface area contributed by atoms with Crippen LogP contribution in [0.3, 0.4) is 0 Å². The van der Waals surface area contributed by atoms with Gasteiger partial charge in [0.05, 0.1) is 6.42 Å². The smallest absolute Gasteiger partial charge is 0.231 e. The monoisotopic (exact) mass is 272 g/mol. The van der Waals surface area contributed by atoms with E-state index in [1.807, 2.05) is 24.3 Å². The third kappa shape index (κ3) is 3.42. The molecule has 0 aliphatic carbocycles. The Morgan fingerprint density at radius 3 is 2.55 bits per heavy atom. The van der Waals surface area contributed by atoms with Crippen molar-refractivity contribution < 1.29 is 9.18 Å². The molecule has 0 unspecified atom stereocenters. The molecule has 20 heavy (non-hydrogen) atoms. The predicted octanol–water partition coefficient (Wildman–Crippen LogP) is 2.49. The lowest BCUT2D eigenvalue weighted by Gasteiger charge is -2.18. The molecule has 0 fully saturated rings. The van der Waals surface area contributed by atoms with Crippen LogP contribution in [-0.2, 0) is 17.8 Å². The fourth-order valence-corrected chi connectivity index (χ4v) is 1.98. The first-order chi connectivity index (χ1) is 9.60. The number of nitrogens with two attached hydrogens (primary N) is 1. The number of rotatable bonds is 4. The van der Waals surface area contributed by atoms with E-state index in [1.165, 1.54) is 12.1 Å². The first kappa shape index (κ1) is 14.2. The van der Waals surface area contributed by atoms with E-state index in [0.717, 1.165) is 11.3 Å². The van der Waals surface area contributed by atoms with Gasteiger partial charge in [-0.25, -0.2) is 4.39 Å². The van der Waals surface area contributed by atoms with Crippen LogP contribution in [0.4, 0.5) is 10.1 Å². The van der Waals surface area contributed by atoms with E-state index in [-0.39, 0.29) is 18.1 Å². The molecule has 2 aromatic rings. The number of benzene rings is 2. The van der Waals surface area contributed by atoms with Crippen LogP contribution in [0.25, 0.3) is 0 Å². The molecular formula is C16H17FN2O. The Balaban J connectivity index is 2.12. The molecule has 3 nitrogen and oxygen atoms in total. The third-order valence-corrected chi connectivity index (χ3v) is 3.15. The molecule has 0 spiro atoms. The molecule has 0 saturated heterocycles. The predicted molar refractivity (Wildman–Crippen MR) is 77.8 cm³/mol. The highest BCUT2D eigenvalue weighted by molar-refractivity contribution is 5.94. The van der Waals surface area contributed by atoms with Crippen molar-refractivity contribution in [1.82, 2.24) is 0 Å². The summed E-state index contributed by atoms with van der Waals surface area (Å²) in [4.78, 5) is 13.8. The summed E-state index contributed by atoms with van der Waals surface area (Å²) in [5.41, 5.74) is 8.01. The molecule has 0 aromatic heterocycles. The summed E-state index contributed by atoms with van der Waals surface area (Å²) in [5, 5.41) is 0. The molecule has 1 amide bonds. The van der Waals surface area contributed by atoms with Crippen LogP contribution >= 0.6 is 0 Å². The first-order valence-corrected chi connectivity index (χ1v) is 6.40. The molecule has 0 aliphatic heterocycles. The SMILES string of the molecule is CN(C(=O)Cc1cccc(F)c1)c1cccc(CN)c1. The van der Waals surface area contributed by atoms with Crippen molar-refractivity contribution in [2.24, 2.45) is 5.73 Å². The fraction of sp³-hybridized carbons (Fsp3) is 0.188. The van der Waals surface area contributed by atoms with Crippen molar-refractivity contribution >= 4 is 11.6 Å². The highest BCUT2D eigenvalue weighted by Crippen LogP contribution is 2.16. The molecule has 0 saturated carbocycles. The van der Waals surface area contributed by atoms with Crippen LogP contribution in [-0.4, -0.2) is 13.0 Å². The molecule has 0 atom stereocenters. The van der Waals surface area contributed by atoms with Gasteiger partial charge >= 0.3 is 0 Å². The topological polar surface area (TPSA) is 46.3 Å². The minimum atomic E-state index is -0.330. The molecule has 2 rings (SSSR count). The van der Waals surface area contributed by atoms with Gasteiger partial charge in [0.25, 0.3) is 0 Å². The normalized spacial score (nSPS) is 10.3. The summed E-state index contributed by atoms with van der Waals surface area (Å²) in [6, 6.07) is 13.6. The van der Waals surface area contributed by atoms with Gasteiger partial charge in [-0.1, -0.05) is 24.3 Å². The van der Waals surface area contributed by atoms with Crippen LogP contribution in [0.1, 0.15) is 11.1 Å². The largest absolute Gasteiger partial charge is 0.326 e. The second-order valence-corrected chi connectivity index (χ2v) is 4.63. The molecule has 2 N–H and O–H groups in total. The molecule has 2 aromatic carbocycles. The Kier molecular flexibility index (Phi) is 4.48. The zero-order valence-corrected chi connectivity index (χ0v) is 11.3. The van der Waals surface area contributed by atoms with Gasteiger partial charge in [-0.3, -0.25) is 4.79 Å². The Morgan fingerprint density at radius 1 is 1.15 bits per heavy atom. The Hall–Kier alpha value is -2.20. The highest BCUT2D eigenvalue weighted by atomic mass is 19.1. The van der Waals surface area contributed by atoms with Crippen LogP contribution in [0.2, 0.25) is 0 Å². The van der Waals surface area contributed by atoms with Crippen molar-refractivity contribution in [1.29, 1.82) is 0 Å². The van der Waals surface area contributed by atoms with E-state index >= 15 is 0 Å². The van der Waals surface area contributed by atoms with Gasteiger partial charge in [-0.05, 0) is 35.4 Å². The summed E-state index contributed by atoms with van der Waals surface area (Å²) in [7, 11) is 1.71. The van der Waals surface area contributed by atoms with Crippen LogP contribution in [0.5, 0.6) is 0 Å². The zero-order valence-electron chi connectivity index (χ0n) is 11.3. The second kappa shape index (κ2) is 6.30. The van der Waals surface area contributed by atoms with Gasteiger partial charge in [-0.15, -0.1) is 0 Å². The number of anilines is 1. The quantitative estimate of drug-likeness (QED) is 0.929. The summed E-state index contributed by atoms with van der Waals surface area (Å²) >= 11 is 0. The molecule has 0 radical (unpaired) electrons. The van der Waals surface area contributed by atoms with E-state index in [4.69, 9.17) is 5.73 Å². The van der Waals surface area contributed by atoms with Gasteiger partial charge in [0.1, 0.15) is 5.82 Å². The summed E-state index contributed by atoms with van der Waals surface area (Å²) in [6.45, 7) is 0.430. The Morgan fingerprint density at radius 2 is 1.85 bits per heavy atom. The lowest BCUT2D eigenvalue weighted by atomic mass is 10.1. The van der Waals surface area contributed by atoms with Crippen molar-refractivity contribution in [2.75, 3.05) is 11.9 Å². The summed E-state index contributed by atoms with van der Waals surface area (Å²) in [5.74, 6) is -0.423. The van der Waals surface area contributed by atoms with E-state index in [0.29, 0.717) is 12.1 Å². The molecule has 0 aliphatic rings. The third-order valence-electron chi connectivity index (χ3n) is 3.15. The van der Waals surface area contributed by atoms with E-state index < -0.39 is 0 Å². The van der Waals surface area contributed by atoms with Gasteiger partial charge < -0.3 is 10.6 Å². The Labute approximate surface area is 117 Å². The van der Waals surface area contributed by atoms with E-state index in [1.54, 1.807) is 24.1 Å². The van der Waals surface area contributed by atoms with Gasteiger partial charge in [0, 0.05) is 19.3 Å². The summed E-state index contributed by atoms with van der Waals surface area (Å²) < 4.78 is 13.1. The average molecular weight is 272 g/mol. The summed E-state index contributed by atoms with van der Waals surface area (Å²) in [6.07, 6.45) is 0.168. The number of likely N-dealkylation sites (N-methyl/N-ethyl adjacent to an activating group) is 1. The van der Waals surface area contributed by atoms with Gasteiger partial charge in [0.2, 0.25) is 5.91 Å².